The summed E-state index contributed by atoms with van der Waals surface area (Å²) in [6.07, 6.45) is 2.73. The fraction of sp³-hybridized carbons (Fsp3) is 0.290. The van der Waals surface area contributed by atoms with Crippen LogP contribution in [0.2, 0.25) is 0 Å². The smallest absolute Gasteiger partial charge is 0.324 e. The zero-order valence-corrected chi connectivity index (χ0v) is 22.8. The summed E-state index contributed by atoms with van der Waals surface area (Å²) in [6.45, 7) is 0.0834. The second-order valence-corrected chi connectivity index (χ2v) is 10.3. The Hall–Kier alpha value is -4.73. The van der Waals surface area contributed by atoms with Crippen molar-refractivity contribution in [3.63, 3.8) is 0 Å². The molecule has 2 aliphatic rings. The molecule has 0 atom stereocenters. The van der Waals surface area contributed by atoms with Crippen LogP contribution in [0, 0.1) is 5.82 Å². The first kappa shape index (κ1) is 27.8. The van der Waals surface area contributed by atoms with E-state index in [1.807, 2.05) is 23.1 Å². The maximum absolute atomic E-state index is 15.0. The number of aliphatic carboxylic acids is 1. The lowest BCUT2D eigenvalue weighted by molar-refractivity contribution is -0.136. The first-order chi connectivity index (χ1) is 19.7. The van der Waals surface area contributed by atoms with Gasteiger partial charge in [0.2, 0.25) is 5.91 Å². The first-order valence-corrected chi connectivity index (χ1v) is 13.6. The van der Waals surface area contributed by atoms with E-state index in [1.165, 1.54) is 28.0 Å². The number of halogens is 1. The van der Waals surface area contributed by atoms with E-state index in [1.54, 1.807) is 31.3 Å². The predicted molar refractivity (Wildman–Crippen MR) is 153 cm³/mol. The molecule has 41 heavy (non-hydrogen) atoms. The standard InChI is InChI=1S/C31H31FN4O5/c1-33(31(41)35-18-16-27(37)36(20-28(38)39)26-11-6-9-24(32)29(26)35)19-21-12-14-23(15-13-21)30(40)34-17-5-4-8-22-7-2-3-10-25(22)34/h2-3,6-7,9-15H,4-5,8,16-20H2,1H3,(H,38,39). The number of amides is 4. The third-order valence-corrected chi connectivity index (χ3v) is 7.45. The van der Waals surface area contributed by atoms with E-state index in [2.05, 4.69) is 6.07 Å². The molecule has 0 spiro atoms. The van der Waals surface area contributed by atoms with Gasteiger partial charge in [0, 0.05) is 44.4 Å². The van der Waals surface area contributed by atoms with E-state index in [-0.39, 0.29) is 36.8 Å². The monoisotopic (exact) mass is 558 g/mol. The van der Waals surface area contributed by atoms with Crippen molar-refractivity contribution in [1.29, 1.82) is 0 Å². The number of fused-ring (bicyclic) bond motifs is 2. The number of carbonyl (C=O) groups excluding carboxylic acids is 3. The van der Waals surface area contributed by atoms with Gasteiger partial charge >= 0.3 is 12.0 Å². The van der Waals surface area contributed by atoms with E-state index < -0.39 is 30.3 Å². The molecule has 5 rings (SSSR count). The second-order valence-electron chi connectivity index (χ2n) is 10.3. The number of para-hydroxylation sites is 2. The lowest BCUT2D eigenvalue weighted by Gasteiger charge is -2.29. The van der Waals surface area contributed by atoms with E-state index in [4.69, 9.17) is 0 Å². The first-order valence-electron chi connectivity index (χ1n) is 13.6. The Balaban J connectivity index is 1.33. The minimum atomic E-state index is -1.24. The fourth-order valence-corrected chi connectivity index (χ4v) is 5.44. The molecule has 212 valence electrons. The van der Waals surface area contributed by atoms with Gasteiger partial charge in [-0.1, -0.05) is 36.4 Å². The molecule has 0 saturated heterocycles. The molecule has 4 amide bonds. The lowest BCUT2D eigenvalue weighted by atomic mass is 10.1. The highest BCUT2D eigenvalue weighted by Crippen LogP contribution is 2.36. The van der Waals surface area contributed by atoms with Crippen LogP contribution in [0.1, 0.15) is 40.7 Å². The van der Waals surface area contributed by atoms with Gasteiger partial charge in [0.15, 0.2) is 0 Å². The van der Waals surface area contributed by atoms with Crippen molar-refractivity contribution >= 4 is 40.9 Å². The highest BCUT2D eigenvalue weighted by Gasteiger charge is 2.34. The maximum Gasteiger partial charge on any atom is 0.324 e. The number of anilines is 3. The van der Waals surface area contributed by atoms with Gasteiger partial charge in [0.05, 0.1) is 5.69 Å². The Kier molecular flexibility index (Phi) is 8.00. The largest absolute Gasteiger partial charge is 0.480 e. The molecule has 1 N–H and O–H groups in total. The molecule has 9 nitrogen and oxygen atoms in total. The molecule has 0 unspecified atom stereocenters. The van der Waals surface area contributed by atoms with Crippen LogP contribution in [0.25, 0.3) is 0 Å². The Bertz CT molecular complexity index is 1490. The minimum absolute atomic E-state index is 0.0367. The zero-order valence-electron chi connectivity index (χ0n) is 22.8. The summed E-state index contributed by atoms with van der Waals surface area (Å²) in [4.78, 5) is 56.4. The number of benzene rings is 3. The van der Waals surface area contributed by atoms with Crippen molar-refractivity contribution in [2.45, 2.75) is 32.2 Å². The van der Waals surface area contributed by atoms with Crippen LogP contribution in [0.15, 0.2) is 66.7 Å². The van der Waals surface area contributed by atoms with Crippen LogP contribution in [0.5, 0.6) is 0 Å². The van der Waals surface area contributed by atoms with Crippen LogP contribution in [0.4, 0.5) is 26.2 Å². The molecule has 2 aliphatic heterocycles. The Morgan fingerprint density at radius 2 is 1.61 bits per heavy atom. The van der Waals surface area contributed by atoms with Gasteiger partial charge in [-0.25, -0.2) is 9.18 Å². The van der Waals surface area contributed by atoms with E-state index >= 15 is 4.39 Å². The summed E-state index contributed by atoms with van der Waals surface area (Å²) < 4.78 is 15.0. The van der Waals surface area contributed by atoms with Crippen molar-refractivity contribution in [1.82, 2.24) is 4.90 Å². The average molecular weight is 559 g/mol. The van der Waals surface area contributed by atoms with Gasteiger partial charge < -0.3 is 14.9 Å². The number of nitrogens with zero attached hydrogens (tertiary/aromatic N) is 4. The molecule has 10 heteroatoms. The topological polar surface area (TPSA) is 101 Å². The number of carboxylic acid groups (broad SMARTS) is 1. The summed E-state index contributed by atoms with van der Waals surface area (Å²) >= 11 is 0. The quantitative estimate of drug-likeness (QED) is 0.490. The second kappa shape index (κ2) is 11.8. The number of hydrogen-bond acceptors (Lipinski definition) is 4. The molecule has 3 aromatic rings. The highest BCUT2D eigenvalue weighted by atomic mass is 19.1. The number of rotatable bonds is 5. The van der Waals surface area contributed by atoms with Crippen LogP contribution < -0.4 is 14.7 Å². The van der Waals surface area contributed by atoms with Crippen LogP contribution in [0.3, 0.4) is 0 Å². The van der Waals surface area contributed by atoms with E-state index in [0.717, 1.165) is 41.0 Å². The fourth-order valence-electron chi connectivity index (χ4n) is 5.44. The maximum atomic E-state index is 15.0. The molecule has 0 aromatic heterocycles. The normalized spacial score (nSPS) is 15.0. The Morgan fingerprint density at radius 3 is 2.37 bits per heavy atom. The van der Waals surface area contributed by atoms with Crippen molar-refractivity contribution in [2.75, 3.05) is 41.4 Å². The molecule has 3 aromatic carbocycles. The molecule has 0 radical (unpaired) electrons. The molecular weight excluding hydrogens is 527 g/mol. The van der Waals surface area contributed by atoms with Crippen LogP contribution in [-0.2, 0) is 22.6 Å². The SMILES string of the molecule is CN(Cc1ccc(C(=O)N2CCCCc3ccccc32)cc1)C(=O)N1CCC(=O)N(CC(=O)O)c2cccc(F)c21. The number of hydrogen-bond donors (Lipinski definition) is 1. The zero-order chi connectivity index (χ0) is 29.1. The predicted octanol–water partition coefficient (Wildman–Crippen LogP) is 4.69. The van der Waals surface area contributed by atoms with Crippen molar-refractivity contribution in [3.05, 3.63) is 89.2 Å². The van der Waals surface area contributed by atoms with Gasteiger partial charge in [-0.3, -0.25) is 24.2 Å². The summed E-state index contributed by atoms with van der Waals surface area (Å²) in [7, 11) is 1.57. The molecule has 0 saturated carbocycles. The third kappa shape index (κ3) is 5.77. The molecule has 0 bridgehead atoms. The number of urea groups is 1. The molecular formula is C31H31FN4O5. The Morgan fingerprint density at radius 1 is 0.878 bits per heavy atom. The van der Waals surface area contributed by atoms with E-state index in [0.29, 0.717) is 12.1 Å². The van der Waals surface area contributed by atoms with Gasteiger partial charge in [0.25, 0.3) is 5.91 Å². The molecule has 0 aliphatic carbocycles. The van der Waals surface area contributed by atoms with Crippen molar-refractivity contribution in [2.24, 2.45) is 0 Å². The summed E-state index contributed by atoms with van der Waals surface area (Å²) in [5.74, 6) is -2.56. The number of aryl methyl sites for hydroxylation is 1. The highest BCUT2D eigenvalue weighted by molar-refractivity contribution is 6.07. The van der Waals surface area contributed by atoms with Gasteiger partial charge in [0.1, 0.15) is 18.0 Å². The van der Waals surface area contributed by atoms with Crippen LogP contribution in [-0.4, -0.2) is 60.5 Å². The Labute approximate surface area is 237 Å². The summed E-state index contributed by atoms with van der Waals surface area (Å²) in [5, 5.41) is 9.28. The van der Waals surface area contributed by atoms with Gasteiger partial charge in [-0.2, -0.15) is 0 Å². The third-order valence-electron chi connectivity index (χ3n) is 7.45. The van der Waals surface area contributed by atoms with Crippen molar-refractivity contribution in [3.8, 4) is 0 Å². The van der Waals surface area contributed by atoms with Crippen molar-refractivity contribution < 1.29 is 28.7 Å². The summed E-state index contributed by atoms with van der Waals surface area (Å²) in [5.41, 5.74) is 3.31. The lowest BCUT2D eigenvalue weighted by Crippen LogP contribution is -2.42. The van der Waals surface area contributed by atoms with Gasteiger partial charge in [-0.15, -0.1) is 0 Å². The minimum Gasteiger partial charge on any atom is -0.480 e. The molecule has 0 fully saturated rings. The number of carbonyl (C=O) groups is 4. The summed E-state index contributed by atoms with van der Waals surface area (Å²) in [6, 6.07) is 18.5. The van der Waals surface area contributed by atoms with E-state index in [9.17, 15) is 24.3 Å². The number of carboxylic acids is 1. The average Bonchev–Trinajstić information content (AvgIpc) is 3.26. The van der Waals surface area contributed by atoms with Gasteiger partial charge in [-0.05, 0) is 60.7 Å². The van der Waals surface area contributed by atoms with Crippen LogP contribution >= 0.6 is 0 Å². The molecule has 2 heterocycles.